The van der Waals surface area contributed by atoms with Crippen LogP contribution in [0.4, 0.5) is 24.9 Å². The van der Waals surface area contributed by atoms with Crippen molar-refractivity contribution in [1.82, 2.24) is 25.1 Å². The number of nitrogens with zero attached hydrogens (tertiary/aromatic N) is 6. The van der Waals surface area contributed by atoms with Crippen molar-refractivity contribution in [1.29, 1.82) is 5.26 Å². The maximum absolute atomic E-state index is 13.7. The van der Waals surface area contributed by atoms with E-state index in [1.165, 1.54) is 22.7 Å². The Bertz CT molecular complexity index is 1290. The number of Topliss-reactive ketones (excluding diaryl/α,β-unsaturated/α-hetero) is 1. The molecular formula is C27H35F3N8O2S. The van der Waals surface area contributed by atoms with E-state index in [0.717, 1.165) is 44.9 Å². The summed E-state index contributed by atoms with van der Waals surface area (Å²) in [5, 5.41) is 12.7. The van der Waals surface area contributed by atoms with Crippen LogP contribution in [0.5, 0.6) is 0 Å². The molecule has 2 aromatic rings. The van der Waals surface area contributed by atoms with Gasteiger partial charge < -0.3 is 25.8 Å². The largest absolute Gasteiger partial charge is 0.416 e. The molecule has 222 valence electrons. The van der Waals surface area contributed by atoms with E-state index in [0.29, 0.717) is 18.0 Å². The maximum atomic E-state index is 13.7. The molecule has 1 fully saturated rings. The normalized spacial score (nSPS) is 15.3. The first-order valence-corrected chi connectivity index (χ1v) is 14.3. The van der Waals surface area contributed by atoms with Gasteiger partial charge in [-0.05, 0) is 57.0 Å². The van der Waals surface area contributed by atoms with Crippen LogP contribution in [0.15, 0.2) is 23.2 Å². The fourth-order valence-electron chi connectivity index (χ4n) is 4.46. The Morgan fingerprint density at radius 1 is 1.22 bits per heavy atom. The second kappa shape index (κ2) is 14.0. The smallest absolute Gasteiger partial charge is 0.368 e. The summed E-state index contributed by atoms with van der Waals surface area (Å²) < 4.78 is 41.1. The van der Waals surface area contributed by atoms with E-state index in [2.05, 4.69) is 32.1 Å². The van der Waals surface area contributed by atoms with Gasteiger partial charge in [0.2, 0.25) is 5.95 Å². The number of alkyl halides is 3. The molecule has 3 rings (SSSR count). The van der Waals surface area contributed by atoms with Gasteiger partial charge in [0.1, 0.15) is 16.7 Å². The average Bonchev–Trinajstić information content (AvgIpc) is 2.94. The number of thioether (sulfide) groups is 1. The summed E-state index contributed by atoms with van der Waals surface area (Å²) in [6.07, 6.45) is -2.68. The number of halogens is 3. The monoisotopic (exact) mass is 592 g/mol. The molecule has 1 saturated heterocycles. The van der Waals surface area contributed by atoms with Crippen molar-refractivity contribution in [3.05, 3.63) is 40.5 Å². The summed E-state index contributed by atoms with van der Waals surface area (Å²) in [6.45, 7) is 6.47. The first-order chi connectivity index (χ1) is 19.3. The zero-order chi connectivity index (χ0) is 30.3. The molecule has 0 saturated carbocycles. The molecule has 10 nitrogen and oxygen atoms in total. The lowest BCUT2D eigenvalue weighted by Gasteiger charge is -2.32. The van der Waals surface area contributed by atoms with Crippen molar-refractivity contribution in [2.75, 3.05) is 70.3 Å². The number of amides is 1. The van der Waals surface area contributed by atoms with Gasteiger partial charge >= 0.3 is 6.18 Å². The quantitative estimate of drug-likeness (QED) is 0.228. The predicted octanol–water partition coefficient (Wildman–Crippen LogP) is 2.67. The van der Waals surface area contributed by atoms with Crippen LogP contribution in [0.3, 0.4) is 0 Å². The van der Waals surface area contributed by atoms with Gasteiger partial charge in [-0.15, -0.1) is 11.8 Å². The Hall–Kier alpha value is -3.41. The average molecular weight is 593 g/mol. The van der Waals surface area contributed by atoms with Crippen molar-refractivity contribution in [3.63, 3.8) is 0 Å². The van der Waals surface area contributed by atoms with E-state index < -0.39 is 29.5 Å². The summed E-state index contributed by atoms with van der Waals surface area (Å²) in [7, 11) is 3.61. The summed E-state index contributed by atoms with van der Waals surface area (Å²) in [5.74, 6) is -0.997. The lowest BCUT2D eigenvalue weighted by atomic mass is 9.98. The molecule has 2 heterocycles. The lowest BCUT2D eigenvalue weighted by Crippen LogP contribution is -2.45. The number of piperazine rings is 1. The van der Waals surface area contributed by atoms with E-state index in [1.54, 1.807) is 20.2 Å². The molecule has 0 radical (unpaired) electrons. The Balaban J connectivity index is 1.72. The van der Waals surface area contributed by atoms with Crippen molar-refractivity contribution >= 4 is 35.2 Å². The molecule has 3 N–H and O–H groups in total. The number of nitrogens with two attached hydrogens (primary N) is 1. The van der Waals surface area contributed by atoms with Crippen molar-refractivity contribution in [2.45, 2.75) is 37.0 Å². The molecule has 1 aliphatic rings. The van der Waals surface area contributed by atoms with Crippen LogP contribution in [-0.4, -0.2) is 97.1 Å². The highest BCUT2D eigenvalue weighted by Gasteiger charge is 2.32. The minimum absolute atomic E-state index is 0.0557. The number of hydrogen-bond acceptors (Lipinski definition) is 10. The van der Waals surface area contributed by atoms with Crippen LogP contribution in [0.25, 0.3) is 0 Å². The van der Waals surface area contributed by atoms with E-state index in [1.807, 2.05) is 6.07 Å². The van der Waals surface area contributed by atoms with Crippen LogP contribution < -0.4 is 16.0 Å². The Labute approximate surface area is 242 Å². The van der Waals surface area contributed by atoms with Crippen LogP contribution in [0.2, 0.25) is 0 Å². The van der Waals surface area contributed by atoms with Crippen LogP contribution in [-0.2, 0) is 17.4 Å². The summed E-state index contributed by atoms with van der Waals surface area (Å²) in [5.41, 5.74) is 4.80. The third kappa shape index (κ3) is 8.54. The van der Waals surface area contributed by atoms with Crippen LogP contribution >= 0.6 is 11.8 Å². The minimum atomic E-state index is -4.70. The molecule has 1 aromatic carbocycles. The second-order valence-electron chi connectivity index (χ2n) is 10.0. The van der Waals surface area contributed by atoms with Gasteiger partial charge in [0, 0.05) is 51.8 Å². The molecule has 0 aliphatic carbocycles. The van der Waals surface area contributed by atoms with Crippen LogP contribution in [0.1, 0.15) is 40.4 Å². The third-order valence-corrected chi connectivity index (χ3v) is 7.74. The SMILES string of the molecule is CSc1nc(N)nc(N(C)[C@@H](C)C(=O)Cc2cc(C(=O)NCCCN3CCN(C)CC3)cc(C(F)(F)F)c2)c1C#N. The number of benzene rings is 1. The zero-order valence-electron chi connectivity index (χ0n) is 23.6. The molecule has 1 aromatic heterocycles. The van der Waals surface area contributed by atoms with E-state index in [9.17, 15) is 28.0 Å². The van der Waals surface area contributed by atoms with Crippen molar-refractivity contribution in [2.24, 2.45) is 0 Å². The number of hydrogen-bond donors (Lipinski definition) is 2. The fraction of sp³-hybridized carbons (Fsp3) is 0.519. The highest BCUT2D eigenvalue weighted by atomic mass is 32.2. The standard InChI is InChI=1S/C27H35F3N8O2S/c1-17(37(3)23-21(16-31)25(41-4)35-26(32)34-23)22(39)14-18-12-19(15-20(13-18)27(28,29)30)24(40)33-6-5-7-38-10-8-36(2)9-11-38/h12-13,15,17H,5-11,14H2,1-4H3,(H,33,40)(H2,32,34,35)/t17-/m0/s1. The predicted molar refractivity (Wildman–Crippen MR) is 152 cm³/mol. The zero-order valence-corrected chi connectivity index (χ0v) is 24.4. The van der Waals surface area contributed by atoms with Gasteiger partial charge in [-0.3, -0.25) is 9.59 Å². The first-order valence-electron chi connectivity index (χ1n) is 13.1. The molecule has 1 amide bonds. The van der Waals surface area contributed by atoms with E-state index in [-0.39, 0.29) is 34.9 Å². The minimum Gasteiger partial charge on any atom is -0.368 e. The highest BCUT2D eigenvalue weighted by Crippen LogP contribution is 2.31. The number of ketones is 1. The number of nitrogens with one attached hydrogen (secondary N) is 1. The summed E-state index contributed by atoms with van der Waals surface area (Å²) in [6, 6.07) is 4.14. The highest BCUT2D eigenvalue weighted by molar-refractivity contribution is 7.98. The molecule has 14 heteroatoms. The van der Waals surface area contributed by atoms with Gasteiger partial charge in [-0.1, -0.05) is 0 Å². The molecule has 41 heavy (non-hydrogen) atoms. The van der Waals surface area contributed by atoms with E-state index in [4.69, 9.17) is 5.73 Å². The van der Waals surface area contributed by atoms with Gasteiger partial charge in [-0.2, -0.15) is 23.4 Å². The number of anilines is 2. The molecule has 0 unspecified atom stereocenters. The van der Waals surface area contributed by atoms with E-state index >= 15 is 0 Å². The molecule has 1 aliphatic heterocycles. The molecule has 0 bridgehead atoms. The number of rotatable bonds is 11. The first kappa shape index (κ1) is 32.1. The summed E-state index contributed by atoms with van der Waals surface area (Å²) in [4.78, 5) is 40.1. The van der Waals surface area contributed by atoms with Gasteiger partial charge in [-0.25, -0.2) is 4.98 Å². The van der Waals surface area contributed by atoms with Crippen molar-refractivity contribution in [3.8, 4) is 6.07 Å². The molecule has 1 atom stereocenters. The lowest BCUT2D eigenvalue weighted by molar-refractivity contribution is -0.137. The number of carbonyl (C=O) groups is 2. The fourth-order valence-corrected chi connectivity index (χ4v) is 4.99. The number of carbonyl (C=O) groups excluding carboxylic acids is 2. The Kier molecular flexibility index (Phi) is 10.9. The van der Waals surface area contributed by atoms with Gasteiger partial charge in [0.25, 0.3) is 5.91 Å². The third-order valence-electron chi connectivity index (χ3n) is 7.05. The number of nitrogen functional groups attached to an aromatic ring is 1. The second-order valence-corrected chi connectivity index (χ2v) is 10.8. The molecular weight excluding hydrogens is 557 g/mol. The Morgan fingerprint density at radius 3 is 2.51 bits per heavy atom. The number of nitriles is 1. The van der Waals surface area contributed by atoms with Gasteiger partial charge in [0.05, 0.1) is 11.6 Å². The van der Waals surface area contributed by atoms with Crippen LogP contribution in [0, 0.1) is 11.3 Å². The number of aromatic nitrogens is 2. The number of likely N-dealkylation sites (N-methyl/N-ethyl adjacent to an activating group) is 2. The topological polar surface area (TPSA) is 131 Å². The van der Waals surface area contributed by atoms with Crippen molar-refractivity contribution < 1.29 is 22.8 Å². The van der Waals surface area contributed by atoms with Gasteiger partial charge in [0.15, 0.2) is 11.6 Å². The Morgan fingerprint density at radius 2 is 1.90 bits per heavy atom. The summed E-state index contributed by atoms with van der Waals surface area (Å²) >= 11 is 1.20. The molecule has 0 spiro atoms. The maximum Gasteiger partial charge on any atom is 0.416 e.